The van der Waals surface area contributed by atoms with Crippen molar-refractivity contribution in [1.82, 2.24) is 26.2 Å². The molecule has 11 nitrogen and oxygen atoms in total. The minimum absolute atomic E-state index is 0.0680. The number of Topliss-reactive ketones (excluding diaryl/α,β-unsaturated/α-hetero) is 1. The minimum atomic E-state index is -1.04. The number of hydrogen-bond acceptors (Lipinski definition) is 7. The highest BCUT2D eigenvalue weighted by molar-refractivity contribution is 6.38. The Balaban J connectivity index is 1.96. The summed E-state index contributed by atoms with van der Waals surface area (Å²) >= 11 is 0. The Morgan fingerprint density at radius 2 is 1.36 bits per heavy atom. The monoisotopic (exact) mass is 583 g/mol. The van der Waals surface area contributed by atoms with Gasteiger partial charge in [-0.15, -0.1) is 0 Å². The van der Waals surface area contributed by atoms with Crippen LogP contribution in [0.3, 0.4) is 0 Å². The number of hydrogen-bond donors (Lipinski definition) is 4. The van der Waals surface area contributed by atoms with Crippen molar-refractivity contribution >= 4 is 23.6 Å². The van der Waals surface area contributed by atoms with Crippen LogP contribution in [0.15, 0.2) is 42.5 Å². The van der Waals surface area contributed by atoms with Crippen LogP contribution in [-0.4, -0.2) is 68.9 Å². The van der Waals surface area contributed by atoms with Crippen LogP contribution in [0.2, 0.25) is 0 Å². The second kappa shape index (κ2) is 17.0. The van der Waals surface area contributed by atoms with Crippen molar-refractivity contribution in [2.45, 2.75) is 65.3 Å². The van der Waals surface area contributed by atoms with Gasteiger partial charge in [-0.05, 0) is 61.7 Å². The third-order valence-electron chi connectivity index (χ3n) is 6.43. The van der Waals surface area contributed by atoms with E-state index in [1.165, 1.54) is 14.2 Å². The summed E-state index contributed by atoms with van der Waals surface area (Å²) in [6.07, 6.45) is 0.558. The van der Waals surface area contributed by atoms with Crippen LogP contribution in [0.4, 0.5) is 4.79 Å². The molecule has 2 unspecified atom stereocenters. The van der Waals surface area contributed by atoms with Crippen LogP contribution in [0.25, 0.3) is 0 Å². The zero-order chi connectivity index (χ0) is 31.2. The first-order valence-corrected chi connectivity index (χ1v) is 14.1. The van der Waals surface area contributed by atoms with E-state index in [1.54, 1.807) is 25.1 Å². The van der Waals surface area contributed by atoms with Gasteiger partial charge < -0.3 is 35.6 Å². The van der Waals surface area contributed by atoms with Crippen LogP contribution >= 0.6 is 0 Å². The van der Waals surface area contributed by atoms with E-state index in [9.17, 15) is 19.2 Å². The summed E-state index contributed by atoms with van der Waals surface area (Å²) in [5.74, 6) is -0.942. The standard InChI is InChI=1S/C31H45N5O6/c1-8-26(28(37)30(39)32-18-23-14-24(41-6)16-25(15-23)42-7)34-29(38)27(13-20(2)3)35-31(40)33-17-21-9-11-22(12-10-21)19-36(4)5/h9-12,14-16,20,26-27H,8,13,17-19H2,1-7H3,(H,32,39)(H,34,38)(H2,33,35,40). The predicted molar refractivity (Wildman–Crippen MR) is 161 cm³/mol. The summed E-state index contributed by atoms with van der Waals surface area (Å²) in [5, 5.41) is 10.8. The van der Waals surface area contributed by atoms with Gasteiger partial charge in [0.25, 0.3) is 5.91 Å². The van der Waals surface area contributed by atoms with E-state index in [1.807, 2.05) is 52.2 Å². The van der Waals surface area contributed by atoms with Crippen LogP contribution in [0.1, 0.15) is 50.3 Å². The molecule has 0 aliphatic carbocycles. The molecule has 0 saturated heterocycles. The summed E-state index contributed by atoms with van der Waals surface area (Å²) in [6.45, 7) is 6.74. The van der Waals surface area contributed by atoms with Gasteiger partial charge in [0.1, 0.15) is 17.5 Å². The second-order valence-corrected chi connectivity index (χ2v) is 10.8. The highest BCUT2D eigenvalue weighted by Gasteiger charge is 2.29. The Labute approximate surface area is 248 Å². The fourth-order valence-corrected chi connectivity index (χ4v) is 4.24. The average Bonchev–Trinajstić information content (AvgIpc) is 2.96. The van der Waals surface area contributed by atoms with E-state index >= 15 is 0 Å². The number of rotatable bonds is 16. The van der Waals surface area contributed by atoms with E-state index in [0.717, 1.165) is 17.7 Å². The highest BCUT2D eigenvalue weighted by Crippen LogP contribution is 2.22. The summed E-state index contributed by atoms with van der Waals surface area (Å²) in [5.41, 5.74) is 2.77. The molecule has 0 heterocycles. The fourth-order valence-electron chi connectivity index (χ4n) is 4.24. The molecule has 0 aliphatic rings. The summed E-state index contributed by atoms with van der Waals surface area (Å²) < 4.78 is 10.5. The fraction of sp³-hybridized carbons (Fsp3) is 0.484. The molecule has 2 atom stereocenters. The van der Waals surface area contributed by atoms with Crippen molar-refractivity contribution in [3.63, 3.8) is 0 Å². The molecular weight excluding hydrogens is 538 g/mol. The van der Waals surface area contributed by atoms with Gasteiger partial charge in [-0.3, -0.25) is 14.4 Å². The van der Waals surface area contributed by atoms with Gasteiger partial charge in [0.05, 0.1) is 20.3 Å². The van der Waals surface area contributed by atoms with Gasteiger partial charge in [0.15, 0.2) is 0 Å². The number of carbonyl (C=O) groups is 4. The smallest absolute Gasteiger partial charge is 0.315 e. The molecule has 2 aromatic carbocycles. The topological polar surface area (TPSA) is 138 Å². The molecule has 2 aromatic rings. The van der Waals surface area contributed by atoms with Gasteiger partial charge in [0.2, 0.25) is 11.7 Å². The Morgan fingerprint density at radius 3 is 1.88 bits per heavy atom. The van der Waals surface area contributed by atoms with Crippen LogP contribution in [0, 0.1) is 5.92 Å². The molecule has 0 fully saturated rings. The van der Waals surface area contributed by atoms with Crippen LogP contribution < -0.4 is 30.7 Å². The molecule has 230 valence electrons. The van der Waals surface area contributed by atoms with Crippen molar-refractivity contribution in [2.75, 3.05) is 28.3 Å². The molecule has 2 rings (SSSR count). The first-order valence-electron chi connectivity index (χ1n) is 14.1. The average molecular weight is 584 g/mol. The molecule has 0 spiro atoms. The Morgan fingerprint density at radius 1 is 0.786 bits per heavy atom. The molecule has 0 saturated carbocycles. The Kier molecular flexibility index (Phi) is 13.8. The lowest BCUT2D eigenvalue weighted by molar-refractivity contribution is -0.140. The lowest BCUT2D eigenvalue weighted by Gasteiger charge is -2.23. The number of methoxy groups -OCH3 is 2. The van der Waals surface area contributed by atoms with E-state index in [-0.39, 0.29) is 18.9 Å². The predicted octanol–water partition coefficient (Wildman–Crippen LogP) is 2.76. The second-order valence-electron chi connectivity index (χ2n) is 10.8. The van der Waals surface area contributed by atoms with Gasteiger partial charge in [-0.2, -0.15) is 0 Å². The lowest BCUT2D eigenvalue weighted by atomic mass is 10.0. The van der Waals surface area contributed by atoms with E-state index < -0.39 is 35.7 Å². The van der Waals surface area contributed by atoms with E-state index in [2.05, 4.69) is 26.2 Å². The molecular formula is C31H45N5O6. The molecule has 4 amide bonds. The van der Waals surface area contributed by atoms with Crippen molar-refractivity contribution in [3.8, 4) is 11.5 Å². The van der Waals surface area contributed by atoms with Gasteiger partial charge in [-0.1, -0.05) is 45.0 Å². The zero-order valence-electron chi connectivity index (χ0n) is 25.7. The van der Waals surface area contributed by atoms with Gasteiger partial charge >= 0.3 is 6.03 Å². The largest absolute Gasteiger partial charge is 0.497 e. The number of urea groups is 1. The lowest BCUT2D eigenvalue weighted by Crippen LogP contribution is -2.55. The third-order valence-corrected chi connectivity index (χ3v) is 6.43. The van der Waals surface area contributed by atoms with Crippen LogP contribution in [0.5, 0.6) is 11.5 Å². The minimum Gasteiger partial charge on any atom is -0.497 e. The van der Waals surface area contributed by atoms with Crippen molar-refractivity contribution < 1.29 is 28.7 Å². The number of nitrogens with zero attached hydrogens (tertiary/aromatic N) is 1. The SMILES string of the molecule is CCC(NC(=O)C(CC(C)C)NC(=O)NCc1ccc(CN(C)C)cc1)C(=O)C(=O)NCc1cc(OC)cc(OC)c1. The highest BCUT2D eigenvalue weighted by atomic mass is 16.5. The maximum atomic E-state index is 13.2. The Bertz CT molecular complexity index is 1180. The molecule has 0 aromatic heterocycles. The first kappa shape index (κ1) is 34.1. The summed E-state index contributed by atoms with van der Waals surface area (Å²) in [6, 6.07) is 10.6. The first-order chi connectivity index (χ1) is 19.9. The summed E-state index contributed by atoms with van der Waals surface area (Å²) in [7, 11) is 7.04. The number of amides is 4. The van der Waals surface area contributed by atoms with Crippen molar-refractivity contribution in [1.29, 1.82) is 0 Å². The molecule has 4 N–H and O–H groups in total. The number of ether oxygens (including phenoxy) is 2. The maximum absolute atomic E-state index is 13.2. The number of nitrogens with one attached hydrogen (secondary N) is 4. The van der Waals surface area contributed by atoms with Crippen LogP contribution in [-0.2, 0) is 34.0 Å². The normalized spacial score (nSPS) is 12.3. The van der Waals surface area contributed by atoms with Crippen molar-refractivity contribution in [3.05, 3.63) is 59.2 Å². The quantitative estimate of drug-likeness (QED) is 0.223. The molecule has 0 bridgehead atoms. The molecule has 11 heteroatoms. The number of benzene rings is 2. The van der Waals surface area contributed by atoms with Gasteiger partial charge in [0, 0.05) is 25.7 Å². The number of ketones is 1. The molecule has 0 aliphatic heterocycles. The van der Waals surface area contributed by atoms with Crippen molar-refractivity contribution in [2.24, 2.45) is 5.92 Å². The maximum Gasteiger partial charge on any atom is 0.315 e. The molecule has 42 heavy (non-hydrogen) atoms. The van der Waals surface area contributed by atoms with Gasteiger partial charge in [-0.25, -0.2) is 4.79 Å². The molecule has 0 radical (unpaired) electrons. The third kappa shape index (κ3) is 11.4. The number of carbonyl (C=O) groups excluding carboxylic acids is 4. The van der Waals surface area contributed by atoms with E-state index in [0.29, 0.717) is 30.0 Å². The van der Waals surface area contributed by atoms with E-state index in [4.69, 9.17) is 9.47 Å². The summed E-state index contributed by atoms with van der Waals surface area (Å²) in [4.78, 5) is 53.5. The zero-order valence-corrected chi connectivity index (χ0v) is 25.7. The Hall–Kier alpha value is -4.12.